The van der Waals surface area contributed by atoms with E-state index in [0.29, 0.717) is 17.1 Å². The van der Waals surface area contributed by atoms with Gasteiger partial charge in [0.05, 0.1) is 13.7 Å². The maximum absolute atomic E-state index is 12.5. The van der Waals surface area contributed by atoms with Gasteiger partial charge < -0.3 is 19.5 Å². The molecule has 0 radical (unpaired) electrons. The highest BCUT2D eigenvalue weighted by molar-refractivity contribution is 5.98. The van der Waals surface area contributed by atoms with Gasteiger partial charge in [0.15, 0.2) is 0 Å². The number of hydrogen-bond acceptors (Lipinski definition) is 5. The van der Waals surface area contributed by atoms with Gasteiger partial charge in [0.25, 0.3) is 5.91 Å². The Balaban J connectivity index is 1.60. The fourth-order valence-corrected chi connectivity index (χ4v) is 2.59. The third kappa shape index (κ3) is 4.56. The van der Waals surface area contributed by atoms with E-state index in [2.05, 4.69) is 10.5 Å². The van der Waals surface area contributed by atoms with Crippen LogP contribution in [0.4, 0.5) is 5.69 Å². The lowest BCUT2D eigenvalue weighted by atomic mass is 10.1. The number of carbonyl (C=O) groups excluding carboxylic acids is 2. The van der Waals surface area contributed by atoms with Crippen molar-refractivity contribution in [3.05, 3.63) is 65.9 Å². The zero-order chi connectivity index (χ0) is 20.1. The van der Waals surface area contributed by atoms with E-state index in [1.54, 1.807) is 37.4 Å². The molecule has 0 atom stereocenters. The lowest BCUT2D eigenvalue weighted by molar-refractivity contribution is -0.116. The number of ether oxygens (including phenoxy) is 1. The number of carbonyl (C=O) groups is 2. The monoisotopic (exact) mass is 379 g/mol. The Morgan fingerprint density at radius 2 is 1.79 bits per heavy atom. The first kappa shape index (κ1) is 19.2. The van der Waals surface area contributed by atoms with E-state index in [1.807, 2.05) is 31.2 Å². The molecule has 0 spiro atoms. The number of anilines is 1. The zero-order valence-corrected chi connectivity index (χ0v) is 15.9. The molecule has 28 heavy (non-hydrogen) atoms. The van der Waals surface area contributed by atoms with Crippen LogP contribution in [0.2, 0.25) is 0 Å². The topological polar surface area (TPSA) is 84.7 Å². The number of aromatic nitrogens is 1. The summed E-state index contributed by atoms with van der Waals surface area (Å²) in [5.74, 6) is 0.0327. The lowest BCUT2D eigenvalue weighted by Gasteiger charge is -2.15. The third-order valence-corrected chi connectivity index (χ3v) is 4.17. The molecular weight excluding hydrogens is 358 g/mol. The van der Waals surface area contributed by atoms with Crippen LogP contribution in [0.25, 0.3) is 11.3 Å². The highest BCUT2D eigenvalue weighted by Crippen LogP contribution is 2.20. The average molecular weight is 379 g/mol. The molecule has 0 unspecified atom stereocenters. The van der Waals surface area contributed by atoms with Crippen molar-refractivity contribution in [2.24, 2.45) is 0 Å². The molecule has 7 heteroatoms. The standard InChI is InChI=1S/C21H21N3O4/c1-14-4-6-15(7-5-14)18-12-19(28-23-18)21(26)24(2)13-20(25)22-16-8-10-17(27-3)11-9-16/h4-12H,13H2,1-3H3,(H,22,25). The maximum atomic E-state index is 12.5. The highest BCUT2D eigenvalue weighted by atomic mass is 16.5. The number of amides is 2. The maximum Gasteiger partial charge on any atom is 0.292 e. The van der Waals surface area contributed by atoms with Gasteiger partial charge in [0.2, 0.25) is 11.7 Å². The average Bonchev–Trinajstić information content (AvgIpc) is 3.18. The van der Waals surface area contributed by atoms with E-state index in [1.165, 1.54) is 11.9 Å². The summed E-state index contributed by atoms with van der Waals surface area (Å²) in [6, 6.07) is 16.2. The molecule has 3 rings (SSSR count). The molecule has 2 aromatic carbocycles. The van der Waals surface area contributed by atoms with Crippen LogP contribution in [-0.2, 0) is 4.79 Å². The van der Waals surface area contributed by atoms with E-state index >= 15 is 0 Å². The molecule has 1 heterocycles. The zero-order valence-electron chi connectivity index (χ0n) is 15.9. The number of aryl methyl sites for hydroxylation is 1. The van der Waals surface area contributed by atoms with Gasteiger partial charge in [-0.15, -0.1) is 0 Å². The Morgan fingerprint density at radius 1 is 1.11 bits per heavy atom. The number of benzene rings is 2. The molecule has 0 aliphatic carbocycles. The number of methoxy groups -OCH3 is 1. The minimum absolute atomic E-state index is 0.0790. The fraction of sp³-hybridized carbons (Fsp3) is 0.190. The van der Waals surface area contributed by atoms with Crippen molar-refractivity contribution < 1.29 is 18.8 Å². The Kier molecular flexibility index (Phi) is 5.74. The Labute approximate surface area is 162 Å². The summed E-state index contributed by atoms with van der Waals surface area (Å²) in [4.78, 5) is 26.0. The number of nitrogens with zero attached hydrogens (tertiary/aromatic N) is 2. The van der Waals surface area contributed by atoms with Crippen LogP contribution in [0.15, 0.2) is 59.1 Å². The van der Waals surface area contributed by atoms with Gasteiger partial charge in [-0.25, -0.2) is 0 Å². The summed E-state index contributed by atoms with van der Waals surface area (Å²) in [6.07, 6.45) is 0. The number of rotatable bonds is 6. The first-order valence-electron chi connectivity index (χ1n) is 8.69. The highest BCUT2D eigenvalue weighted by Gasteiger charge is 2.20. The van der Waals surface area contributed by atoms with Crippen molar-refractivity contribution in [2.75, 3.05) is 26.0 Å². The lowest BCUT2D eigenvalue weighted by Crippen LogP contribution is -2.34. The predicted octanol–water partition coefficient (Wildman–Crippen LogP) is 3.37. The van der Waals surface area contributed by atoms with Crippen LogP contribution in [0.3, 0.4) is 0 Å². The fourth-order valence-electron chi connectivity index (χ4n) is 2.59. The second-order valence-electron chi connectivity index (χ2n) is 6.38. The summed E-state index contributed by atoms with van der Waals surface area (Å²) in [5.41, 5.74) is 3.17. The number of likely N-dealkylation sites (N-methyl/N-ethyl adjacent to an activating group) is 1. The molecule has 3 aromatic rings. The molecule has 7 nitrogen and oxygen atoms in total. The first-order chi connectivity index (χ1) is 13.5. The Hall–Kier alpha value is -3.61. The normalized spacial score (nSPS) is 10.4. The van der Waals surface area contributed by atoms with Gasteiger partial charge in [-0.3, -0.25) is 9.59 Å². The van der Waals surface area contributed by atoms with Crippen LogP contribution in [0.1, 0.15) is 16.1 Å². The molecule has 144 valence electrons. The van der Waals surface area contributed by atoms with E-state index in [0.717, 1.165) is 11.1 Å². The molecular formula is C21H21N3O4. The van der Waals surface area contributed by atoms with E-state index < -0.39 is 5.91 Å². The van der Waals surface area contributed by atoms with Crippen LogP contribution >= 0.6 is 0 Å². The van der Waals surface area contributed by atoms with E-state index in [4.69, 9.17) is 9.26 Å². The molecule has 1 N–H and O–H groups in total. The van der Waals surface area contributed by atoms with Crippen LogP contribution < -0.4 is 10.1 Å². The molecule has 1 aromatic heterocycles. The second kappa shape index (κ2) is 8.39. The quantitative estimate of drug-likeness (QED) is 0.710. The van der Waals surface area contributed by atoms with Crippen molar-refractivity contribution >= 4 is 17.5 Å². The van der Waals surface area contributed by atoms with Gasteiger partial charge in [0, 0.05) is 24.4 Å². The summed E-state index contributed by atoms with van der Waals surface area (Å²) >= 11 is 0. The smallest absolute Gasteiger partial charge is 0.292 e. The van der Waals surface area contributed by atoms with Crippen molar-refractivity contribution in [3.8, 4) is 17.0 Å². The summed E-state index contributed by atoms with van der Waals surface area (Å²) in [6.45, 7) is 1.87. The van der Waals surface area contributed by atoms with Crippen LogP contribution in [-0.4, -0.2) is 42.6 Å². The minimum Gasteiger partial charge on any atom is -0.497 e. The molecule has 0 saturated carbocycles. The van der Waals surface area contributed by atoms with Crippen LogP contribution in [0, 0.1) is 6.92 Å². The third-order valence-electron chi connectivity index (χ3n) is 4.17. The summed E-state index contributed by atoms with van der Waals surface area (Å²) < 4.78 is 10.2. The summed E-state index contributed by atoms with van der Waals surface area (Å²) in [7, 11) is 3.10. The van der Waals surface area contributed by atoms with Crippen LogP contribution in [0.5, 0.6) is 5.75 Å². The first-order valence-corrected chi connectivity index (χ1v) is 8.69. The van der Waals surface area contributed by atoms with Crippen molar-refractivity contribution in [3.63, 3.8) is 0 Å². The molecule has 0 fully saturated rings. The molecule has 0 bridgehead atoms. The van der Waals surface area contributed by atoms with E-state index in [-0.39, 0.29) is 18.2 Å². The minimum atomic E-state index is -0.421. The molecule has 0 aliphatic rings. The Morgan fingerprint density at radius 3 is 2.43 bits per heavy atom. The number of hydrogen-bond donors (Lipinski definition) is 1. The van der Waals surface area contributed by atoms with Gasteiger partial charge >= 0.3 is 0 Å². The Bertz CT molecular complexity index is 962. The number of nitrogens with one attached hydrogen (secondary N) is 1. The van der Waals surface area contributed by atoms with Gasteiger partial charge in [0.1, 0.15) is 11.4 Å². The van der Waals surface area contributed by atoms with Gasteiger partial charge in [-0.1, -0.05) is 35.0 Å². The van der Waals surface area contributed by atoms with Crippen molar-refractivity contribution in [1.29, 1.82) is 0 Å². The largest absolute Gasteiger partial charge is 0.497 e. The van der Waals surface area contributed by atoms with Crippen molar-refractivity contribution in [1.82, 2.24) is 10.1 Å². The molecule has 0 saturated heterocycles. The predicted molar refractivity (Wildman–Crippen MR) is 105 cm³/mol. The van der Waals surface area contributed by atoms with E-state index in [9.17, 15) is 9.59 Å². The molecule has 2 amide bonds. The van der Waals surface area contributed by atoms with Gasteiger partial charge in [-0.05, 0) is 31.2 Å². The van der Waals surface area contributed by atoms with Gasteiger partial charge in [-0.2, -0.15) is 0 Å². The second-order valence-corrected chi connectivity index (χ2v) is 6.38. The van der Waals surface area contributed by atoms with Crippen molar-refractivity contribution in [2.45, 2.75) is 6.92 Å². The SMILES string of the molecule is COc1ccc(NC(=O)CN(C)C(=O)c2cc(-c3ccc(C)cc3)no2)cc1. The summed E-state index contributed by atoms with van der Waals surface area (Å²) in [5, 5.41) is 6.68. The molecule has 0 aliphatic heterocycles.